The highest BCUT2D eigenvalue weighted by Crippen LogP contribution is 2.28. The van der Waals surface area contributed by atoms with Gasteiger partial charge in [0.25, 0.3) is 5.91 Å². The van der Waals surface area contributed by atoms with E-state index in [1.165, 1.54) is 12.8 Å². The van der Waals surface area contributed by atoms with E-state index in [1.54, 1.807) is 12.1 Å². The maximum absolute atomic E-state index is 11.5. The minimum atomic E-state index is -0.200. The lowest BCUT2D eigenvalue weighted by molar-refractivity contribution is 0.0950. The zero-order valence-corrected chi connectivity index (χ0v) is 11.2. The first-order valence-electron chi connectivity index (χ1n) is 6.73. The van der Waals surface area contributed by atoms with Gasteiger partial charge in [-0.1, -0.05) is 0 Å². The molecule has 0 atom stereocenters. The molecule has 0 aromatic carbocycles. The van der Waals surface area contributed by atoms with E-state index < -0.39 is 0 Å². The van der Waals surface area contributed by atoms with Crippen molar-refractivity contribution in [2.45, 2.75) is 19.8 Å². The lowest BCUT2D eigenvalue weighted by Crippen LogP contribution is -2.24. The van der Waals surface area contributed by atoms with E-state index in [1.807, 2.05) is 6.92 Å². The van der Waals surface area contributed by atoms with Crippen LogP contribution in [-0.2, 0) is 4.74 Å². The van der Waals surface area contributed by atoms with Crippen molar-refractivity contribution < 1.29 is 9.53 Å². The summed E-state index contributed by atoms with van der Waals surface area (Å²) in [6.45, 7) is 4.67. The number of carbonyl (C=O) groups excluding carboxylic acids is 1. The van der Waals surface area contributed by atoms with Crippen molar-refractivity contribution in [3.63, 3.8) is 0 Å². The van der Waals surface area contributed by atoms with Gasteiger partial charge in [-0.15, -0.1) is 10.2 Å². The number of hydrogen-bond donors (Lipinski definition) is 2. The molecule has 1 aromatic rings. The van der Waals surface area contributed by atoms with Crippen LogP contribution < -0.4 is 10.6 Å². The molecule has 0 unspecified atom stereocenters. The molecule has 0 spiro atoms. The minimum absolute atomic E-state index is 0.200. The quantitative estimate of drug-likeness (QED) is 0.687. The zero-order valence-electron chi connectivity index (χ0n) is 11.2. The average molecular weight is 264 g/mol. The molecular formula is C13H20N4O2. The molecule has 1 aliphatic carbocycles. The topological polar surface area (TPSA) is 76.1 Å². The molecule has 19 heavy (non-hydrogen) atoms. The van der Waals surface area contributed by atoms with Crippen LogP contribution >= 0.6 is 0 Å². The number of nitrogens with one attached hydrogen (secondary N) is 2. The molecule has 1 aliphatic rings. The molecule has 2 rings (SSSR count). The van der Waals surface area contributed by atoms with E-state index in [9.17, 15) is 4.79 Å². The molecule has 1 saturated carbocycles. The van der Waals surface area contributed by atoms with Gasteiger partial charge in [0.2, 0.25) is 0 Å². The normalized spacial score (nSPS) is 14.2. The molecule has 6 nitrogen and oxygen atoms in total. The SMILES string of the molecule is CCNC(=O)c1ccc(NCCOCC2CC2)nn1. The summed E-state index contributed by atoms with van der Waals surface area (Å²) in [7, 11) is 0. The van der Waals surface area contributed by atoms with E-state index in [0.717, 1.165) is 12.5 Å². The van der Waals surface area contributed by atoms with E-state index in [4.69, 9.17) is 4.74 Å². The van der Waals surface area contributed by atoms with Crippen LogP contribution in [0.5, 0.6) is 0 Å². The van der Waals surface area contributed by atoms with Gasteiger partial charge in [-0.3, -0.25) is 4.79 Å². The highest BCUT2D eigenvalue weighted by molar-refractivity contribution is 5.92. The monoisotopic (exact) mass is 264 g/mol. The van der Waals surface area contributed by atoms with Crippen LogP contribution in [0.15, 0.2) is 12.1 Å². The largest absolute Gasteiger partial charge is 0.379 e. The molecule has 1 aromatic heterocycles. The molecule has 0 saturated heterocycles. The summed E-state index contributed by atoms with van der Waals surface area (Å²) in [6, 6.07) is 3.41. The molecule has 0 aliphatic heterocycles. The molecule has 0 bridgehead atoms. The first-order chi connectivity index (χ1) is 9.29. The van der Waals surface area contributed by atoms with E-state index in [0.29, 0.717) is 31.2 Å². The molecule has 104 valence electrons. The number of carbonyl (C=O) groups is 1. The number of aromatic nitrogens is 2. The summed E-state index contributed by atoms with van der Waals surface area (Å²) in [4.78, 5) is 11.5. The van der Waals surface area contributed by atoms with Crippen LogP contribution in [0.3, 0.4) is 0 Å². The summed E-state index contributed by atoms with van der Waals surface area (Å²) in [6.07, 6.45) is 2.61. The molecule has 6 heteroatoms. The Morgan fingerprint density at radius 2 is 2.26 bits per heavy atom. The third-order valence-corrected chi connectivity index (χ3v) is 2.84. The Bertz CT molecular complexity index is 404. The summed E-state index contributed by atoms with van der Waals surface area (Å²) in [5.74, 6) is 1.24. The van der Waals surface area contributed by atoms with Crippen molar-refractivity contribution in [3.8, 4) is 0 Å². The second kappa shape index (κ2) is 7.04. The Morgan fingerprint density at radius 3 is 2.89 bits per heavy atom. The summed E-state index contributed by atoms with van der Waals surface area (Å²) in [5, 5.41) is 13.6. The van der Waals surface area contributed by atoms with Crippen molar-refractivity contribution in [3.05, 3.63) is 17.8 Å². The molecule has 0 radical (unpaired) electrons. The second-order valence-electron chi connectivity index (χ2n) is 4.61. The predicted octanol–water partition coefficient (Wildman–Crippen LogP) is 1.06. The van der Waals surface area contributed by atoms with Gasteiger partial charge in [-0.25, -0.2) is 0 Å². The van der Waals surface area contributed by atoms with Gasteiger partial charge in [0.15, 0.2) is 5.69 Å². The Kier molecular flexibility index (Phi) is 5.09. The van der Waals surface area contributed by atoms with Crippen molar-refractivity contribution >= 4 is 11.7 Å². The fourth-order valence-electron chi connectivity index (χ4n) is 1.58. The van der Waals surface area contributed by atoms with Crippen LogP contribution in [0.1, 0.15) is 30.3 Å². The number of ether oxygens (including phenoxy) is 1. The second-order valence-corrected chi connectivity index (χ2v) is 4.61. The fraction of sp³-hybridized carbons (Fsp3) is 0.615. The Labute approximate surface area is 112 Å². The summed E-state index contributed by atoms with van der Waals surface area (Å²) < 4.78 is 5.50. The maximum atomic E-state index is 11.5. The highest BCUT2D eigenvalue weighted by Gasteiger charge is 2.20. The van der Waals surface area contributed by atoms with E-state index >= 15 is 0 Å². The van der Waals surface area contributed by atoms with Gasteiger partial charge >= 0.3 is 0 Å². The zero-order chi connectivity index (χ0) is 13.5. The van der Waals surface area contributed by atoms with Crippen molar-refractivity contribution in [1.29, 1.82) is 0 Å². The molecule has 1 amide bonds. The Balaban J connectivity index is 1.67. The van der Waals surface area contributed by atoms with Crippen molar-refractivity contribution in [2.75, 3.05) is 31.6 Å². The number of hydrogen-bond acceptors (Lipinski definition) is 5. The van der Waals surface area contributed by atoms with Gasteiger partial charge in [0, 0.05) is 19.7 Å². The standard InChI is InChI=1S/C13H20N4O2/c1-2-14-13(18)11-5-6-12(17-16-11)15-7-8-19-9-10-3-4-10/h5-6,10H,2-4,7-9H2,1H3,(H,14,18)(H,15,17). The number of anilines is 1. The van der Waals surface area contributed by atoms with Gasteiger partial charge in [0.05, 0.1) is 6.61 Å². The Morgan fingerprint density at radius 1 is 1.42 bits per heavy atom. The summed E-state index contributed by atoms with van der Waals surface area (Å²) >= 11 is 0. The van der Waals surface area contributed by atoms with Crippen molar-refractivity contribution in [2.24, 2.45) is 5.92 Å². The van der Waals surface area contributed by atoms with Crippen LogP contribution in [0.25, 0.3) is 0 Å². The Hall–Kier alpha value is -1.69. The van der Waals surface area contributed by atoms with Crippen LogP contribution in [-0.4, -0.2) is 42.4 Å². The van der Waals surface area contributed by atoms with Crippen molar-refractivity contribution in [1.82, 2.24) is 15.5 Å². The van der Waals surface area contributed by atoms with Crippen LogP contribution in [0, 0.1) is 5.92 Å². The molecule has 1 fully saturated rings. The van der Waals surface area contributed by atoms with Gasteiger partial charge in [0.1, 0.15) is 5.82 Å². The number of rotatable bonds is 8. The minimum Gasteiger partial charge on any atom is -0.379 e. The first kappa shape index (κ1) is 13.7. The fourth-order valence-corrected chi connectivity index (χ4v) is 1.58. The molecular weight excluding hydrogens is 244 g/mol. The van der Waals surface area contributed by atoms with E-state index in [2.05, 4.69) is 20.8 Å². The maximum Gasteiger partial charge on any atom is 0.271 e. The van der Waals surface area contributed by atoms with Crippen LogP contribution in [0.4, 0.5) is 5.82 Å². The summed E-state index contributed by atoms with van der Waals surface area (Å²) in [5.41, 5.74) is 0.331. The highest BCUT2D eigenvalue weighted by atomic mass is 16.5. The van der Waals surface area contributed by atoms with E-state index in [-0.39, 0.29) is 5.91 Å². The average Bonchev–Trinajstić information content (AvgIpc) is 3.23. The lowest BCUT2D eigenvalue weighted by atomic mass is 10.3. The third kappa shape index (κ3) is 4.82. The number of nitrogens with zero attached hydrogens (tertiary/aromatic N) is 2. The molecule has 2 N–H and O–H groups in total. The van der Waals surface area contributed by atoms with Crippen LogP contribution in [0.2, 0.25) is 0 Å². The van der Waals surface area contributed by atoms with Gasteiger partial charge < -0.3 is 15.4 Å². The lowest BCUT2D eigenvalue weighted by Gasteiger charge is -2.06. The first-order valence-corrected chi connectivity index (χ1v) is 6.73. The van der Waals surface area contributed by atoms with Gasteiger partial charge in [-0.2, -0.15) is 0 Å². The van der Waals surface area contributed by atoms with Gasteiger partial charge in [-0.05, 0) is 37.8 Å². The third-order valence-electron chi connectivity index (χ3n) is 2.84. The predicted molar refractivity (Wildman–Crippen MR) is 72.1 cm³/mol. The smallest absolute Gasteiger partial charge is 0.271 e. The number of amides is 1. The molecule has 1 heterocycles.